The van der Waals surface area contributed by atoms with Gasteiger partial charge in [0.25, 0.3) is 0 Å². The molecule has 4 rings (SSSR count). The summed E-state index contributed by atoms with van der Waals surface area (Å²) in [5.41, 5.74) is 14.4. The van der Waals surface area contributed by atoms with Crippen molar-refractivity contribution in [2.45, 2.75) is 11.6 Å². The van der Waals surface area contributed by atoms with Gasteiger partial charge in [-0.2, -0.15) is 0 Å². The molecule has 0 aromatic heterocycles. The molecule has 0 aliphatic carbocycles. The first-order chi connectivity index (χ1) is 14.6. The summed E-state index contributed by atoms with van der Waals surface area (Å²) in [6.07, 6.45) is 1.89. The average molecular weight is 399 g/mol. The molecule has 2 unspecified atom stereocenters. The van der Waals surface area contributed by atoms with Gasteiger partial charge in [-0.1, -0.05) is 91.0 Å². The minimum absolute atomic E-state index is 0.164. The maximum atomic E-state index is 11.8. The number of nitrogens with zero attached hydrogens (tertiary/aromatic N) is 2. The highest BCUT2D eigenvalue weighted by Gasteiger charge is 2.43. The zero-order valence-electron chi connectivity index (χ0n) is 16.8. The third-order valence-electron chi connectivity index (χ3n) is 5.83. The van der Waals surface area contributed by atoms with Crippen LogP contribution >= 0.6 is 0 Å². The molecule has 3 aromatic carbocycles. The van der Waals surface area contributed by atoms with E-state index in [1.807, 2.05) is 60.9 Å². The van der Waals surface area contributed by atoms with Gasteiger partial charge in [0.15, 0.2) is 0 Å². The van der Waals surface area contributed by atoms with Gasteiger partial charge < -0.3 is 16.4 Å². The highest BCUT2D eigenvalue weighted by molar-refractivity contribution is 5.80. The Morgan fingerprint density at radius 3 is 1.70 bits per heavy atom. The van der Waals surface area contributed by atoms with Crippen LogP contribution in [-0.2, 0) is 10.3 Å². The van der Waals surface area contributed by atoms with Crippen molar-refractivity contribution in [2.75, 3.05) is 13.1 Å². The fraction of sp³-hybridized carbons (Fsp3) is 0.200. The van der Waals surface area contributed by atoms with Gasteiger partial charge in [-0.05, 0) is 16.7 Å². The Labute approximate surface area is 177 Å². The van der Waals surface area contributed by atoms with Gasteiger partial charge >= 0.3 is 0 Å². The molecule has 1 heterocycles. The van der Waals surface area contributed by atoms with Crippen molar-refractivity contribution in [3.05, 3.63) is 108 Å². The summed E-state index contributed by atoms with van der Waals surface area (Å²) in [6.45, 7) is 1.04. The van der Waals surface area contributed by atoms with Crippen LogP contribution < -0.4 is 11.5 Å². The lowest BCUT2D eigenvalue weighted by Crippen LogP contribution is -2.56. The predicted molar refractivity (Wildman–Crippen MR) is 120 cm³/mol. The van der Waals surface area contributed by atoms with Gasteiger partial charge in [0.05, 0.1) is 12.4 Å². The summed E-state index contributed by atoms with van der Waals surface area (Å²) in [4.78, 5) is 18.6. The normalized spacial score (nSPS) is 17.5. The fourth-order valence-electron chi connectivity index (χ4n) is 4.36. The van der Waals surface area contributed by atoms with Gasteiger partial charge in [-0.3, -0.25) is 9.79 Å². The summed E-state index contributed by atoms with van der Waals surface area (Å²) in [5, 5.41) is 0. The summed E-state index contributed by atoms with van der Waals surface area (Å²) in [5.74, 6) is -0.662. The van der Waals surface area contributed by atoms with E-state index in [-0.39, 0.29) is 5.92 Å². The minimum atomic E-state index is -0.745. The molecule has 152 valence electrons. The number of carbonyl (C=O) groups excluding carboxylic acids is 1. The molecule has 30 heavy (non-hydrogen) atoms. The van der Waals surface area contributed by atoms with E-state index in [1.165, 1.54) is 0 Å². The highest BCUT2D eigenvalue weighted by Crippen LogP contribution is 2.42. The SMILES string of the molecule is NC(=O)C(N)C1CN=CN(C(c2ccccc2)(c2ccccc2)c2ccccc2)C1. The van der Waals surface area contributed by atoms with Crippen LogP contribution in [0.15, 0.2) is 96.0 Å². The molecule has 5 nitrogen and oxygen atoms in total. The number of hydrogen-bond donors (Lipinski definition) is 2. The number of benzene rings is 3. The van der Waals surface area contributed by atoms with Crippen molar-refractivity contribution in [1.82, 2.24) is 4.90 Å². The molecule has 4 N–H and O–H groups in total. The molecule has 1 aliphatic rings. The zero-order valence-corrected chi connectivity index (χ0v) is 16.8. The molecule has 0 bridgehead atoms. The minimum Gasteiger partial charge on any atom is -0.368 e. The first kappa shape index (κ1) is 19.9. The van der Waals surface area contributed by atoms with E-state index >= 15 is 0 Å². The maximum Gasteiger partial charge on any atom is 0.234 e. The van der Waals surface area contributed by atoms with E-state index in [4.69, 9.17) is 11.5 Å². The van der Waals surface area contributed by atoms with Crippen molar-refractivity contribution in [2.24, 2.45) is 22.4 Å². The number of nitrogens with two attached hydrogens (primary N) is 2. The molecular formula is C25H26N4O. The Morgan fingerprint density at radius 2 is 1.30 bits per heavy atom. The van der Waals surface area contributed by atoms with Crippen LogP contribution in [0.4, 0.5) is 0 Å². The van der Waals surface area contributed by atoms with Crippen molar-refractivity contribution in [3.63, 3.8) is 0 Å². The van der Waals surface area contributed by atoms with E-state index < -0.39 is 17.5 Å². The molecule has 0 radical (unpaired) electrons. The van der Waals surface area contributed by atoms with Crippen LogP contribution in [0.2, 0.25) is 0 Å². The second-order valence-electron chi connectivity index (χ2n) is 7.63. The Balaban J connectivity index is 1.95. The van der Waals surface area contributed by atoms with Gasteiger partial charge in [-0.15, -0.1) is 0 Å². The average Bonchev–Trinajstić information content (AvgIpc) is 2.81. The van der Waals surface area contributed by atoms with Crippen molar-refractivity contribution in [3.8, 4) is 0 Å². The lowest BCUT2D eigenvalue weighted by molar-refractivity contribution is -0.120. The van der Waals surface area contributed by atoms with Crippen LogP contribution in [-0.4, -0.2) is 36.3 Å². The molecule has 0 saturated carbocycles. The van der Waals surface area contributed by atoms with Crippen molar-refractivity contribution < 1.29 is 4.79 Å². The Morgan fingerprint density at radius 1 is 0.867 bits per heavy atom. The maximum absolute atomic E-state index is 11.8. The summed E-state index contributed by atoms with van der Waals surface area (Å²) < 4.78 is 0. The molecule has 0 spiro atoms. The summed E-state index contributed by atoms with van der Waals surface area (Å²) in [7, 11) is 0. The third-order valence-corrected chi connectivity index (χ3v) is 5.83. The predicted octanol–water partition coefficient (Wildman–Crippen LogP) is 2.75. The third kappa shape index (κ3) is 3.48. The first-order valence-electron chi connectivity index (χ1n) is 10.1. The van der Waals surface area contributed by atoms with Crippen LogP contribution in [0.3, 0.4) is 0 Å². The van der Waals surface area contributed by atoms with Gasteiger partial charge in [0.2, 0.25) is 5.91 Å². The van der Waals surface area contributed by atoms with Gasteiger partial charge in [0, 0.05) is 19.0 Å². The topological polar surface area (TPSA) is 84.7 Å². The zero-order chi connectivity index (χ0) is 21.0. The number of carbonyl (C=O) groups is 1. The summed E-state index contributed by atoms with van der Waals surface area (Å²) >= 11 is 0. The van der Waals surface area contributed by atoms with Gasteiger partial charge in [0.1, 0.15) is 5.54 Å². The van der Waals surface area contributed by atoms with Crippen molar-refractivity contribution in [1.29, 1.82) is 0 Å². The second-order valence-corrected chi connectivity index (χ2v) is 7.63. The quantitative estimate of drug-likeness (QED) is 0.626. The standard InChI is InChI=1S/C25H26N4O/c26-23(24(27)30)19-16-28-18-29(17-19)25(20-10-4-1-5-11-20,21-12-6-2-7-13-21)22-14-8-3-9-15-22/h1-15,18-19,23H,16-17,26H2,(H2,27,30). The van der Waals surface area contributed by atoms with Crippen LogP contribution in [0, 0.1) is 5.92 Å². The molecule has 0 saturated heterocycles. The molecule has 0 fully saturated rings. The van der Waals surface area contributed by atoms with Crippen LogP contribution in [0.1, 0.15) is 16.7 Å². The molecule has 3 aromatic rings. The number of primary amides is 1. The Kier molecular flexibility index (Phi) is 5.63. The number of rotatable bonds is 6. The monoisotopic (exact) mass is 398 g/mol. The Bertz CT molecular complexity index is 908. The van der Waals surface area contributed by atoms with Crippen molar-refractivity contribution >= 4 is 12.2 Å². The van der Waals surface area contributed by atoms with E-state index in [0.717, 1.165) is 16.7 Å². The second kappa shape index (κ2) is 8.51. The number of hydrogen-bond acceptors (Lipinski definition) is 4. The first-order valence-corrected chi connectivity index (χ1v) is 10.1. The van der Waals surface area contributed by atoms with E-state index in [9.17, 15) is 4.79 Å². The number of aliphatic imine (C=N–C) groups is 1. The highest BCUT2D eigenvalue weighted by atomic mass is 16.1. The van der Waals surface area contributed by atoms with Crippen LogP contribution in [0.5, 0.6) is 0 Å². The molecular weight excluding hydrogens is 372 g/mol. The molecule has 1 aliphatic heterocycles. The van der Waals surface area contributed by atoms with Gasteiger partial charge in [-0.25, -0.2) is 0 Å². The lowest BCUT2D eigenvalue weighted by atomic mass is 9.75. The molecule has 5 heteroatoms. The molecule has 1 amide bonds. The lowest BCUT2D eigenvalue weighted by Gasteiger charge is -2.47. The number of amides is 1. The largest absolute Gasteiger partial charge is 0.368 e. The van der Waals surface area contributed by atoms with Crippen LogP contribution in [0.25, 0.3) is 0 Å². The van der Waals surface area contributed by atoms with E-state index in [2.05, 4.69) is 46.3 Å². The Hall–Kier alpha value is -3.44. The van der Waals surface area contributed by atoms with E-state index in [1.54, 1.807) is 0 Å². The smallest absolute Gasteiger partial charge is 0.234 e. The summed E-state index contributed by atoms with van der Waals surface area (Å²) in [6, 6.07) is 30.4. The van der Waals surface area contributed by atoms with E-state index in [0.29, 0.717) is 13.1 Å². The molecule has 2 atom stereocenters. The fourth-order valence-corrected chi connectivity index (χ4v) is 4.36.